The van der Waals surface area contributed by atoms with Crippen molar-refractivity contribution in [2.24, 2.45) is 10.4 Å². The predicted molar refractivity (Wildman–Crippen MR) is 129 cm³/mol. The summed E-state index contributed by atoms with van der Waals surface area (Å²) in [5.41, 5.74) is 4.55. The number of aromatic nitrogens is 2. The molecule has 7 heteroatoms. The van der Waals surface area contributed by atoms with E-state index < -0.39 is 0 Å². The zero-order valence-corrected chi connectivity index (χ0v) is 19.9. The first-order chi connectivity index (χ1) is 15.4. The van der Waals surface area contributed by atoms with Gasteiger partial charge < -0.3 is 15.1 Å². The minimum atomic E-state index is -0.125. The summed E-state index contributed by atoms with van der Waals surface area (Å²) in [7, 11) is 0. The standard InChI is InChI=1S/C25H36N6O/c1-18-22(29-19(2)24(32)26-12-9-15-30-13-7-8-14-30)23(28-17-27-18)31-16-25(3,4)20-10-5-6-11-21(20)31/h10-11,17H,5-9,12-16H2,1-4H3,(H,26,32)/b29-19+. The lowest BCUT2D eigenvalue weighted by atomic mass is 9.84. The molecule has 2 saturated heterocycles. The van der Waals surface area contributed by atoms with Crippen LogP contribution in [-0.2, 0) is 4.79 Å². The molecule has 0 spiro atoms. The number of nitrogens with zero attached hydrogens (tertiary/aromatic N) is 5. The van der Waals surface area contributed by atoms with Gasteiger partial charge in [-0.3, -0.25) is 4.79 Å². The Morgan fingerprint density at radius 1 is 1.19 bits per heavy atom. The molecule has 0 radical (unpaired) electrons. The first-order valence-corrected chi connectivity index (χ1v) is 11.9. The molecule has 1 aliphatic carbocycles. The summed E-state index contributed by atoms with van der Waals surface area (Å²) in [4.78, 5) is 31.1. The number of hydrogen-bond acceptors (Lipinski definition) is 6. The Balaban J connectivity index is 1.49. The maximum Gasteiger partial charge on any atom is 0.265 e. The monoisotopic (exact) mass is 436 g/mol. The fourth-order valence-electron chi connectivity index (χ4n) is 4.94. The molecule has 0 bridgehead atoms. The number of carbonyl (C=O) groups excluding carboxylic acids is 1. The molecular weight excluding hydrogens is 400 g/mol. The van der Waals surface area contributed by atoms with Crippen LogP contribution in [0.15, 0.2) is 34.7 Å². The van der Waals surface area contributed by atoms with Crippen molar-refractivity contribution in [3.63, 3.8) is 0 Å². The molecule has 0 aromatic carbocycles. The van der Waals surface area contributed by atoms with Crippen molar-refractivity contribution in [3.8, 4) is 0 Å². The van der Waals surface area contributed by atoms with Crippen LogP contribution < -0.4 is 10.2 Å². The van der Waals surface area contributed by atoms with Crippen LogP contribution in [0.5, 0.6) is 0 Å². The van der Waals surface area contributed by atoms with Gasteiger partial charge in [0.15, 0.2) is 5.82 Å². The highest BCUT2D eigenvalue weighted by atomic mass is 16.1. The van der Waals surface area contributed by atoms with Crippen molar-refractivity contribution in [1.29, 1.82) is 0 Å². The molecule has 4 rings (SSSR count). The molecule has 172 valence electrons. The molecule has 1 aromatic heterocycles. The number of carbonyl (C=O) groups is 1. The summed E-state index contributed by atoms with van der Waals surface area (Å²) in [5, 5.41) is 3.02. The molecular formula is C25H36N6O. The average molecular weight is 437 g/mol. The van der Waals surface area contributed by atoms with Crippen molar-refractivity contribution >= 4 is 23.1 Å². The highest BCUT2D eigenvalue weighted by molar-refractivity contribution is 6.38. The molecule has 1 aromatic rings. The number of nitrogens with one attached hydrogen (secondary N) is 1. The van der Waals surface area contributed by atoms with E-state index in [1.54, 1.807) is 13.3 Å². The van der Waals surface area contributed by atoms with Crippen LogP contribution in [-0.4, -0.2) is 59.2 Å². The third-order valence-electron chi connectivity index (χ3n) is 6.69. The van der Waals surface area contributed by atoms with E-state index in [2.05, 4.69) is 51.1 Å². The molecule has 0 atom stereocenters. The van der Waals surface area contributed by atoms with Gasteiger partial charge in [0.2, 0.25) is 0 Å². The van der Waals surface area contributed by atoms with Gasteiger partial charge in [0, 0.05) is 24.2 Å². The lowest BCUT2D eigenvalue weighted by molar-refractivity contribution is -0.114. The second kappa shape index (κ2) is 9.53. The van der Waals surface area contributed by atoms with Gasteiger partial charge in [0.25, 0.3) is 5.91 Å². The van der Waals surface area contributed by atoms with Gasteiger partial charge in [-0.15, -0.1) is 0 Å². The Kier molecular flexibility index (Phi) is 6.74. The molecule has 32 heavy (non-hydrogen) atoms. The van der Waals surface area contributed by atoms with Crippen LogP contribution in [0.2, 0.25) is 0 Å². The van der Waals surface area contributed by atoms with Crippen LogP contribution in [0.3, 0.4) is 0 Å². The smallest absolute Gasteiger partial charge is 0.265 e. The van der Waals surface area contributed by atoms with Gasteiger partial charge in [-0.05, 0) is 71.2 Å². The molecule has 3 heterocycles. The number of aryl methyl sites for hydroxylation is 1. The first-order valence-electron chi connectivity index (χ1n) is 11.9. The summed E-state index contributed by atoms with van der Waals surface area (Å²) < 4.78 is 0. The molecule has 0 unspecified atom stereocenters. The van der Waals surface area contributed by atoms with Gasteiger partial charge in [0.05, 0.1) is 5.69 Å². The van der Waals surface area contributed by atoms with Crippen LogP contribution in [0, 0.1) is 12.3 Å². The second-order valence-electron chi connectivity index (χ2n) is 9.74. The predicted octanol–water partition coefficient (Wildman–Crippen LogP) is 3.93. The molecule has 1 N–H and O–H groups in total. The summed E-state index contributed by atoms with van der Waals surface area (Å²) in [6, 6.07) is 0. The first kappa shape index (κ1) is 22.6. The van der Waals surface area contributed by atoms with Gasteiger partial charge in [-0.25, -0.2) is 15.0 Å². The third-order valence-corrected chi connectivity index (χ3v) is 6.69. The number of aliphatic imine (C=N–C) groups is 1. The number of amides is 1. The van der Waals surface area contributed by atoms with E-state index in [0.717, 1.165) is 43.9 Å². The summed E-state index contributed by atoms with van der Waals surface area (Å²) >= 11 is 0. The van der Waals surface area contributed by atoms with Gasteiger partial charge in [-0.1, -0.05) is 26.0 Å². The van der Waals surface area contributed by atoms with Crippen molar-refractivity contribution < 1.29 is 4.79 Å². The maximum absolute atomic E-state index is 12.7. The number of fused-ring (bicyclic) bond motifs is 1. The fraction of sp³-hybridized carbons (Fsp3) is 0.600. The van der Waals surface area contributed by atoms with Crippen molar-refractivity contribution in [3.05, 3.63) is 35.4 Å². The minimum absolute atomic E-state index is 0.0495. The molecule has 0 saturated carbocycles. The van der Waals surface area contributed by atoms with E-state index in [0.29, 0.717) is 17.9 Å². The average Bonchev–Trinajstić information content (AvgIpc) is 3.39. The number of rotatable bonds is 7. The Labute approximate surface area is 191 Å². The van der Waals surface area contributed by atoms with E-state index in [9.17, 15) is 4.79 Å². The van der Waals surface area contributed by atoms with E-state index in [1.807, 2.05) is 6.92 Å². The van der Waals surface area contributed by atoms with Crippen molar-refractivity contribution in [1.82, 2.24) is 20.2 Å². The Bertz CT molecular complexity index is 955. The highest BCUT2D eigenvalue weighted by Gasteiger charge is 2.40. The van der Waals surface area contributed by atoms with E-state index in [-0.39, 0.29) is 11.3 Å². The number of anilines is 1. The minimum Gasteiger partial charge on any atom is -0.351 e. The van der Waals surface area contributed by atoms with Crippen LogP contribution in [0.4, 0.5) is 11.5 Å². The highest BCUT2D eigenvalue weighted by Crippen LogP contribution is 2.47. The van der Waals surface area contributed by atoms with Crippen molar-refractivity contribution in [2.75, 3.05) is 37.6 Å². The maximum atomic E-state index is 12.7. The number of likely N-dealkylation sites (tertiary alicyclic amines) is 1. The van der Waals surface area contributed by atoms with Crippen LogP contribution >= 0.6 is 0 Å². The SMILES string of the molecule is C/C(=N\c1c(C)ncnc1N1CC(C)(C)C2=CCCC=C21)C(=O)NCCCN1CCCC1. The largest absolute Gasteiger partial charge is 0.351 e. The van der Waals surface area contributed by atoms with E-state index >= 15 is 0 Å². The Morgan fingerprint density at radius 2 is 1.94 bits per heavy atom. The molecule has 7 nitrogen and oxygen atoms in total. The number of hydrogen-bond donors (Lipinski definition) is 1. The van der Waals surface area contributed by atoms with Crippen LogP contribution in [0.1, 0.15) is 58.6 Å². The lowest BCUT2D eigenvalue weighted by Gasteiger charge is -2.22. The zero-order chi connectivity index (χ0) is 22.7. The molecule has 3 aliphatic rings. The van der Waals surface area contributed by atoms with Gasteiger partial charge in [0.1, 0.15) is 17.7 Å². The third kappa shape index (κ3) is 4.77. The molecule has 1 amide bonds. The summed E-state index contributed by atoms with van der Waals surface area (Å²) in [6.07, 6.45) is 11.9. The summed E-state index contributed by atoms with van der Waals surface area (Å²) in [5.74, 6) is 0.656. The fourth-order valence-corrected chi connectivity index (χ4v) is 4.94. The van der Waals surface area contributed by atoms with E-state index in [1.165, 1.54) is 37.2 Å². The normalized spacial score (nSPS) is 20.8. The van der Waals surface area contributed by atoms with Gasteiger partial charge >= 0.3 is 0 Å². The van der Waals surface area contributed by atoms with Crippen molar-refractivity contribution in [2.45, 2.75) is 59.8 Å². The summed E-state index contributed by atoms with van der Waals surface area (Å²) in [6.45, 7) is 13.2. The topological polar surface area (TPSA) is 73.7 Å². The number of allylic oxidation sites excluding steroid dienone is 3. The Morgan fingerprint density at radius 3 is 2.72 bits per heavy atom. The quantitative estimate of drug-likeness (QED) is 0.518. The lowest BCUT2D eigenvalue weighted by Crippen LogP contribution is -2.32. The van der Waals surface area contributed by atoms with Crippen LogP contribution in [0.25, 0.3) is 0 Å². The molecule has 2 aliphatic heterocycles. The Hall–Kier alpha value is -2.54. The van der Waals surface area contributed by atoms with Gasteiger partial charge in [-0.2, -0.15) is 0 Å². The zero-order valence-electron chi connectivity index (χ0n) is 19.9. The second-order valence-corrected chi connectivity index (χ2v) is 9.74. The molecule has 2 fully saturated rings. The van der Waals surface area contributed by atoms with E-state index in [4.69, 9.17) is 4.99 Å².